The summed E-state index contributed by atoms with van der Waals surface area (Å²) < 4.78 is 0. The number of thiazole rings is 1. The SMILES string of the molecule is CCC(C)c1ncc(C2CC2)s1. The Morgan fingerprint density at radius 2 is 2.42 bits per heavy atom. The molecule has 1 aliphatic rings. The number of aromatic nitrogens is 1. The Morgan fingerprint density at radius 3 is 3.00 bits per heavy atom. The third-order valence-corrected chi connectivity index (χ3v) is 3.95. The normalized spacial score (nSPS) is 19.5. The molecule has 0 amide bonds. The lowest BCUT2D eigenvalue weighted by Crippen LogP contribution is -1.87. The minimum absolute atomic E-state index is 0.655. The second-order valence-corrected chi connectivity index (χ2v) is 4.78. The summed E-state index contributed by atoms with van der Waals surface area (Å²) in [6.45, 7) is 4.48. The predicted octanol–water partition coefficient (Wildman–Crippen LogP) is 3.53. The van der Waals surface area contributed by atoms with Gasteiger partial charge in [0.25, 0.3) is 0 Å². The van der Waals surface area contributed by atoms with Crippen molar-refractivity contribution < 1.29 is 0 Å². The van der Waals surface area contributed by atoms with Crippen molar-refractivity contribution >= 4 is 11.3 Å². The number of nitrogens with zero attached hydrogens (tertiary/aromatic N) is 1. The zero-order valence-corrected chi connectivity index (χ0v) is 8.53. The molecule has 1 nitrogen and oxygen atoms in total. The van der Waals surface area contributed by atoms with Crippen LogP contribution in [-0.2, 0) is 0 Å². The van der Waals surface area contributed by atoms with Crippen molar-refractivity contribution in [2.75, 3.05) is 0 Å². The van der Waals surface area contributed by atoms with Gasteiger partial charge in [0, 0.05) is 17.0 Å². The lowest BCUT2D eigenvalue weighted by atomic mass is 10.1. The van der Waals surface area contributed by atoms with Crippen LogP contribution in [0.15, 0.2) is 6.20 Å². The molecule has 2 rings (SSSR count). The van der Waals surface area contributed by atoms with Gasteiger partial charge in [-0.1, -0.05) is 13.8 Å². The highest BCUT2D eigenvalue weighted by atomic mass is 32.1. The molecule has 2 heteroatoms. The van der Waals surface area contributed by atoms with Gasteiger partial charge in [0.15, 0.2) is 0 Å². The molecule has 0 spiro atoms. The van der Waals surface area contributed by atoms with Crippen LogP contribution in [0.2, 0.25) is 0 Å². The largest absolute Gasteiger partial charge is 0.249 e. The fourth-order valence-corrected chi connectivity index (χ4v) is 2.48. The summed E-state index contributed by atoms with van der Waals surface area (Å²) in [5, 5.41) is 1.33. The number of hydrogen-bond acceptors (Lipinski definition) is 2. The van der Waals surface area contributed by atoms with E-state index in [1.807, 2.05) is 11.3 Å². The van der Waals surface area contributed by atoms with Crippen molar-refractivity contribution in [2.45, 2.75) is 44.9 Å². The van der Waals surface area contributed by atoms with Gasteiger partial charge in [0.1, 0.15) is 0 Å². The van der Waals surface area contributed by atoms with Crippen LogP contribution in [0.1, 0.15) is 54.8 Å². The summed E-state index contributed by atoms with van der Waals surface area (Å²) in [4.78, 5) is 5.99. The summed E-state index contributed by atoms with van der Waals surface area (Å²) in [7, 11) is 0. The Labute approximate surface area is 77.8 Å². The Balaban J connectivity index is 2.12. The van der Waals surface area contributed by atoms with E-state index in [2.05, 4.69) is 25.0 Å². The highest BCUT2D eigenvalue weighted by Gasteiger charge is 2.26. The van der Waals surface area contributed by atoms with E-state index in [1.54, 1.807) is 0 Å². The molecule has 1 atom stereocenters. The molecular formula is C10H15NS. The van der Waals surface area contributed by atoms with E-state index in [9.17, 15) is 0 Å². The van der Waals surface area contributed by atoms with Gasteiger partial charge in [-0.3, -0.25) is 0 Å². The van der Waals surface area contributed by atoms with Crippen LogP contribution in [0, 0.1) is 0 Å². The summed E-state index contributed by atoms with van der Waals surface area (Å²) in [5.74, 6) is 1.53. The first kappa shape index (κ1) is 8.24. The molecule has 1 aromatic rings. The Bertz CT molecular complexity index is 263. The molecule has 0 N–H and O–H groups in total. The van der Waals surface area contributed by atoms with Gasteiger partial charge in [-0.2, -0.15) is 0 Å². The second kappa shape index (κ2) is 3.17. The van der Waals surface area contributed by atoms with Gasteiger partial charge in [0.2, 0.25) is 0 Å². The molecule has 1 unspecified atom stereocenters. The molecule has 1 saturated carbocycles. The molecule has 1 aliphatic carbocycles. The number of rotatable bonds is 3. The van der Waals surface area contributed by atoms with E-state index in [0.29, 0.717) is 5.92 Å². The zero-order chi connectivity index (χ0) is 8.55. The molecule has 1 heterocycles. The minimum Gasteiger partial charge on any atom is -0.249 e. The Morgan fingerprint density at radius 1 is 1.67 bits per heavy atom. The van der Waals surface area contributed by atoms with Crippen molar-refractivity contribution in [2.24, 2.45) is 0 Å². The van der Waals surface area contributed by atoms with Gasteiger partial charge in [-0.15, -0.1) is 11.3 Å². The molecule has 0 radical (unpaired) electrons. The first-order chi connectivity index (χ1) is 5.81. The average Bonchev–Trinajstić information content (AvgIpc) is 2.83. The third-order valence-electron chi connectivity index (χ3n) is 2.56. The van der Waals surface area contributed by atoms with Gasteiger partial charge in [-0.05, 0) is 25.2 Å². The van der Waals surface area contributed by atoms with Crippen molar-refractivity contribution in [3.63, 3.8) is 0 Å². The molecule has 0 aromatic carbocycles. The molecule has 0 aliphatic heterocycles. The Hall–Kier alpha value is -0.370. The summed E-state index contributed by atoms with van der Waals surface area (Å²) in [6.07, 6.45) is 6.08. The van der Waals surface area contributed by atoms with Crippen LogP contribution < -0.4 is 0 Å². The average molecular weight is 181 g/mol. The second-order valence-electron chi connectivity index (χ2n) is 3.68. The summed E-state index contributed by atoms with van der Waals surface area (Å²) in [5.41, 5.74) is 0. The molecule has 0 bridgehead atoms. The lowest BCUT2D eigenvalue weighted by Gasteiger charge is -2.01. The first-order valence-electron chi connectivity index (χ1n) is 4.77. The fraction of sp³-hybridized carbons (Fsp3) is 0.700. The number of hydrogen-bond donors (Lipinski definition) is 0. The van der Waals surface area contributed by atoms with Crippen LogP contribution in [0.4, 0.5) is 0 Å². The quantitative estimate of drug-likeness (QED) is 0.695. The fourth-order valence-electron chi connectivity index (χ4n) is 1.26. The maximum Gasteiger partial charge on any atom is 0.0955 e. The van der Waals surface area contributed by atoms with Crippen LogP contribution in [0.5, 0.6) is 0 Å². The van der Waals surface area contributed by atoms with Crippen molar-refractivity contribution in [1.82, 2.24) is 4.98 Å². The van der Waals surface area contributed by atoms with Crippen molar-refractivity contribution in [1.29, 1.82) is 0 Å². The van der Waals surface area contributed by atoms with Gasteiger partial charge < -0.3 is 0 Å². The highest BCUT2D eigenvalue weighted by Crippen LogP contribution is 2.43. The first-order valence-corrected chi connectivity index (χ1v) is 5.58. The molecule has 0 saturated heterocycles. The van der Waals surface area contributed by atoms with E-state index >= 15 is 0 Å². The zero-order valence-electron chi connectivity index (χ0n) is 7.71. The van der Waals surface area contributed by atoms with Crippen LogP contribution in [0.25, 0.3) is 0 Å². The van der Waals surface area contributed by atoms with Crippen LogP contribution in [0.3, 0.4) is 0 Å². The standard InChI is InChI=1S/C10H15NS/c1-3-7(2)10-11-6-9(12-10)8-4-5-8/h6-8H,3-5H2,1-2H3. The van der Waals surface area contributed by atoms with E-state index < -0.39 is 0 Å². The minimum atomic E-state index is 0.655. The van der Waals surface area contributed by atoms with Crippen molar-refractivity contribution in [3.05, 3.63) is 16.1 Å². The van der Waals surface area contributed by atoms with Gasteiger partial charge in [-0.25, -0.2) is 4.98 Å². The van der Waals surface area contributed by atoms with E-state index in [1.165, 1.54) is 29.1 Å². The molecule has 1 fully saturated rings. The van der Waals surface area contributed by atoms with Crippen LogP contribution in [-0.4, -0.2) is 4.98 Å². The van der Waals surface area contributed by atoms with Crippen molar-refractivity contribution in [3.8, 4) is 0 Å². The predicted molar refractivity (Wildman–Crippen MR) is 52.8 cm³/mol. The van der Waals surface area contributed by atoms with E-state index in [-0.39, 0.29) is 0 Å². The van der Waals surface area contributed by atoms with E-state index in [4.69, 9.17) is 0 Å². The smallest absolute Gasteiger partial charge is 0.0955 e. The van der Waals surface area contributed by atoms with Gasteiger partial charge >= 0.3 is 0 Å². The topological polar surface area (TPSA) is 12.9 Å². The maximum atomic E-state index is 4.47. The van der Waals surface area contributed by atoms with Crippen LogP contribution >= 0.6 is 11.3 Å². The lowest BCUT2D eigenvalue weighted by molar-refractivity contribution is 0.726. The molecule has 1 aromatic heterocycles. The summed E-state index contributed by atoms with van der Waals surface area (Å²) in [6, 6.07) is 0. The Kier molecular flexibility index (Phi) is 2.18. The molecular weight excluding hydrogens is 166 g/mol. The van der Waals surface area contributed by atoms with E-state index in [0.717, 1.165) is 5.92 Å². The highest BCUT2D eigenvalue weighted by molar-refractivity contribution is 7.11. The maximum absolute atomic E-state index is 4.47. The summed E-state index contributed by atoms with van der Waals surface area (Å²) >= 11 is 1.93. The van der Waals surface area contributed by atoms with Gasteiger partial charge in [0.05, 0.1) is 5.01 Å². The monoisotopic (exact) mass is 181 g/mol. The molecule has 12 heavy (non-hydrogen) atoms. The molecule has 66 valence electrons. The third kappa shape index (κ3) is 1.53.